The lowest BCUT2D eigenvalue weighted by molar-refractivity contribution is 0.102. The number of para-hydroxylation sites is 1. The number of carbonyl (C=O) groups excluding carboxylic acids is 1. The number of methoxy groups -OCH3 is 2. The van der Waals surface area contributed by atoms with Crippen LogP contribution in [0.2, 0.25) is 5.02 Å². The van der Waals surface area contributed by atoms with Gasteiger partial charge in [-0.05, 0) is 37.8 Å². The molecule has 7 heteroatoms. The highest BCUT2D eigenvalue weighted by atomic mass is 35.5. The number of hydrogen-bond acceptors (Lipinski definition) is 4. The molecule has 0 saturated heterocycles. The van der Waals surface area contributed by atoms with Crippen LogP contribution in [0.5, 0.6) is 11.5 Å². The van der Waals surface area contributed by atoms with E-state index >= 15 is 0 Å². The molecule has 3 aromatic rings. The zero-order valence-electron chi connectivity index (χ0n) is 16.6. The van der Waals surface area contributed by atoms with Crippen LogP contribution in [-0.4, -0.2) is 29.9 Å². The van der Waals surface area contributed by atoms with Crippen molar-refractivity contribution in [1.29, 1.82) is 0 Å². The molecule has 0 unspecified atom stereocenters. The predicted octanol–water partition coefficient (Wildman–Crippen LogP) is 4.59. The number of carbonyl (C=O) groups is 1. The van der Waals surface area contributed by atoms with E-state index in [9.17, 15) is 4.79 Å². The van der Waals surface area contributed by atoms with Gasteiger partial charge in [0.2, 0.25) is 0 Å². The second-order valence-corrected chi connectivity index (χ2v) is 7.37. The van der Waals surface area contributed by atoms with Crippen LogP contribution in [0.3, 0.4) is 0 Å². The molecule has 1 heterocycles. The zero-order valence-corrected chi connectivity index (χ0v) is 17.3. The van der Waals surface area contributed by atoms with Crippen molar-refractivity contribution >= 4 is 23.2 Å². The van der Waals surface area contributed by atoms with Crippen molar-refractivity contribution in [2.24, 2.45) is 0 Å². The monoisotopic (exact) mass is 411 g/mol. The van der Waals surface area contributed by atoms with E-state index in [2.05, 4.69) is 10.4 Å². The van der Waals surface area contributed by atoms with Gasteiger partial charge in [0.1, 0.15) is 11.5 Å². The molecule has 2 aromatic carbocycles. The molecule has 0 atom stereocenters. The van der Waals surface area contributed by atoms with E-state index in [-0.39, 0.29) is 5.91 Å². The molecule has 0 bridgehead atoms. The molecule has 1 aromatic heterocycles. The second kappa shape index (κ2) is 7.79. The highest BCUT2D eigenvalue weighted by Gasteiger charge is 2.28. The summed E-state index contributed by atoms with van der Waals surface area (Å²) in [5.74, 6) is 0.635. The normalized spacial score (nSPS) is 12.6. The smallest absolute Gasteiger partial charge is 0.276 e. The summed E-state index contributed by atoms with van der Waals surface area (Å²) in [5.41, 5.74) is 5.14. The van der Waals surface area contributed by atoms with Gasteiger partial charge in [-0.15, -0.1) is 0 Å². The first-order valence-electron chi connectivity index (χ1n) is 9.43. The lowest BCUT2D eigenvalue weighted by Gasteiger charge is -2.13. The Morgan fingerprint density at radius 1 is 1.14 bits per heavy atom. The lowest BCUT2D eigenvalue weighted by atomic mass is 10.1. The highest BCUT2D eigenvalue weighted by molar-refractivity contribution is 6.32. The number of aromatic nitrogens is 2. The molecule has 0 spiro atoms. The van der Waals surface area contributed by atoms with Gasteiger partial charge in [-0.1, -0.05) is 29.8 Å². The first-order chi connectivity index (χ1) is 14.0. The molecule has 1 aliphatic rings. The van der Waals surface area contributed by atoms with Gasteiger partial charge in [-0.2, -0.15) is 5.10 Å². The molecule has 0 aliphatic heterocycles. The molecule has 0 fully saturated rings. The Hall–Kier alpha value is -2.99. The van der Waals surface area contributed by atoms with Crippen LogP contribution < -0.4 is 14.8 Å². The van der Waals surface area contributed by atoms with Gasteiger partial charge in [-0.25, -0.2) is 4.68 Å². The summed E-state index contributed by atoms with van der Waals surface area (Å²) in [5, 5.41) is 8.00. The van der Waals surface area contributed by atoms with Crippen LogP contribution in [0.15, 0.2) is 36.4 Å². The van der Waals surface area contributed by atoms with Crippen LogP contribution >= 0.6 is 11.6 Å². The lowest BCUT2D eigenvalue weighted by Crippen LogP contribution is -2.15. The number of nitrogens with one attached hydrogen (secondary N) is 1. The average molecular weight is 412 g/mol. The van der Waals surface area contributed by atoms with Crippen LogP contribution in [0.25, 0.3) is 5.69 Å². The van der Waals surface area contributed by atoms with E-state index in [4.69, 9.17) is 21.1 Å². The molecule has 4 rings (SSSR count). The van der Waals surface area contributed by atoms with Gasteiger partial charge >= 0.3 is 0 Å². The van der Waals surface area contributed by atoms with Crippen molar-refractivity contribution in [2.75, 3.05) is 19.5 Å². The molecule has 150 valence electrons. The maximum atomic E-state index is 13.1. The maximum Gasteiger partial charge on any atom is 0.276 e. The fourth-order valence-corrected chi connectivity index (χ4v) is 3.99. The first kappa shape index (κ1) is 19.3. The maximum absolute atomic E-state index is 13.1. The molecule has 0 saturated carbocycles. The number of aryl methyl sites for hydroxylation is 1. The molecule has 6 nitrogen and oxygen atoms in total. The first-order valence-corrected chi connectivity index (χ1v) is 9.81. The van der Waals surface area contributed by atoms with Gasteiger partial charge < -0.3 is 14.8 Å². The van der Waals surface area contributed by atoms with Crippen molar-refractivity contribution in [3.8, 4) is 17.2 Å². The van der Waals surface area contributed by atoms with E-state index in [1.54, 1.807) is 12.1 Å². The summed E-state index contributed by atoms with van der Waals surface area (Å²) in [6.07, 6.45) is 2.75. The Kier molecular flexibility index (Phi) is 5.20. The Bertz CT molecular complexity index is 1090. The van der Waals surface area contributed by atoms with Gasteiger partial charge in [-0.3, -0.25) is 4.79 Å². The van der Waals surface area contributed by atoms with Gasteiger partial charge in [0.05, 0.1) is 30.6 Å². The van der Waals surface area contributed by atoms with Crippen LogP contribution in [0, 0.1) is 6.92 Å². The average Bonchev–Trinajstić information content (AvgIpc) is 3.32. The fraction of sp³-hybridized carbons (Fsp3) is 0.273. The van der Waals surface area contributed by atoms with Crippen molar-refractivity contribution in [3.63, 3.8) is 0 Å². The number of fused-ring (bicyclic) bond motifs is 1. The number of benzene rings is 2. The minimum Gasteiger partial charge on any atom is -0.495 e. The topological polar surface area (TPSA) is 65.4 Å². The van der Waals surface area contributed by atoms with Crippen LogP contribution in [0.1, 0.15) is 33.7 Å². The van der Waals surface area contributed by atoms with E-state index in [0.717, 1.165) is 41.8 Å². The van der Waals surface area contributed by atoms with Crippen molar-refractivity contribution in [2.45, 2.75) is 26.2 Å². The number of anilines is 1. The van der Waals surface area contributed by atoms with Gasteiger partial charge in [0, 0.05) is 23.4 Å². The van der Waals surface area contributed by atoms with E-state index in [1.807, 2.05) is 35.9 Å². The third-order valence-corrected chi connectivity index (χ3v) is 5.51. The van der Waals surface area contributed by atoms with Crippen molar-refractivity contribution in [1.82, 2.24) is 9.78 Å². The number of nitrogens with zero attached hydrogens (tertiary/aromatic N) is 2. The fourth-order valence-electron chi connectivity index (χ4n) is 3.76. The van der Waals surface area contributed by atoms with E-state index < -0.39 is 0 Å². The van der Waals surface area contributed by atoms with Crippen molar-refractivity contribution < 1.29 is 14.3 Å². The summed E-state index contributed by atoms with van der Waals surface area (Å²) in [4.78, 5) is 13.1. The highest BCUT2D eigenvalue weighted by Crippen LogP contribution is 2.36. The largest absolute Gasteiger partial charge is 0.495 e. The standard InChI is InChI=1S/C22H22ClN3O3/c1-13-7-4-5-9-17(13)26-18-10-6-8-14(18)21(25-26)22(27)24-16-12-19(28-2)15(23)11-20(16)29-3/h4-5,7,9,11-12H,6,8,10H2,1-3H3,(H,24,27). The number of halogens is 1. The Morgan fingerprint density at radius 2 is 1.90 bits per heavy atom. The molecular weight excluding hydrogens is 390 g/mol. The summed E-state index contributed by atoms with van der Waals surface area (Å²) in [7, 11) is 3.05. The SMILES string of the molecule is COc1cc(NC(=O)c2nn(-c3ccccc3C)c3c2CCC3)c(OC)cc1Cl. The Balaban J connectivity index is 1.73. The molecule has 1 amide bonds. The van der Waals surface area contributed by atoms with Gasteiger partial charge in [0.15, 0.2) is 5.69 Å². The number of ether oxygens (including phenoxy) is 2. The summed E-state index contributed by atoms with van der Waals surface area (Å²) >= 11 is 6.16. The number of rotatable bonds is 5. The Labute approximate surface area is 174 Å². The van der Waals surface area contributed by atoms with Crippen LogP contribution in [-0.2, 0) is 12.8 Å². The Morgan fingerprint density at radius 3 is 2.62 bits per heavy atom. The third kappa shape index (κ3) is 3.44. The molecule has 29 heavy (non-hydrogen) atoms. The minimum atomic E-state index is -0.279. The van der Waals surface area contributed by atoms with Crippen molar-refractivity contribution in [3.05, 3.63) is 63.9 Å². The zero-order chi connectivity index (χ0) is 20.5. The molecular formula is C22H22ClN3O3. The van der Waals surface area contributed by atoms with E-state index in [0.29, 0.717) is 27.9 Å². The number of hydrogen-bond donors (Lipinski definition) is 1. The quantitative estimate of drug-likeness (QED) is 0.666. The third-order valence-electron chi connectivity index (χ3n) is 5.21. The van der Waals surface area contributed by atoms with Crippen LogP contribution in [0.4, 0.5) is 5.69 Å². The summed E-state index contributed by atoms with van der Waals surface area (Å²) in [6, 6.07) is 11.3. The minimum absolute atomic E-state index is 0.279. The molecule has 1 N–H and O–H groups in total. The number of amides is 1. The predicted molar refractivity (Wildman–Crippen MR) is 113 cm³/mol. The molecule has 0 radical (unpaired) electrons. The summed E-state index contributed by atoms with van der Waals surface area (Å²) in [6.45, 7) is 2.04. The van der Waals surface area contributed by atoms with Gasteiger partial charge in [0.25, 0.3) is 5.91 Å². The van der Waals surface area contributed by atoms with E-state index in [1.165, 1.54) is 14.2 Å². The summed E-state index contributed by atoms with van der Waals surface area (Å²) < 4.78 is 12.5. The second-order valence-electron chi connectivity index (χ2n) is 6.97. The molecule has 1 aliphatic carbocycles.